The number of rotatable bonds is 6. The van der Waals surface area contributed by atoms with Crippen molar-refractivity contribution in [2.75, 3.05) is 24.4 Å². The minimum absolute atomic E-state index is 0.0388. The van der Waals surface area contributed by atoms with Gasteiger partial charge < -0.3 is 15.0 Å². The average Bonchev–Trinajstić information content (AvgIpc) is 3.22. The summed E-state index contributed by atoms with van der Waals surface area (Å²) in [7, 11) is -1.60. The summed E-state index contributed by atoms with van der Waals surface area (Å²) < 4.78 is 28.2. The van der Waals surface area contributed by atoms with Gasteiger partial charge in [-0.2, -0.15) is 0 Å². The first-order valence-corrected chi connectivity index (χ1v) is 9.28. The van der Waals surface area contributed by atoms with Gasteiger partial charge in [0, 0.05) is 18.3 Å². The number of urea groups is 1. The number of benzene rings is 1. The number of anilines is 1. The van der Waals surface area contributed by atoms with E-state index in [1.807, 2.05) is 6.07 Å². The van der Waals surface area contributed by atoms with E-state index in [4.69, 9.17) is 4.74 Å². The van der Waals surface area contributed by atoms with Crippen molar-refractivity contribution >= 4 is 21.6 Å². The summed E-state index contributed by atoms with van der Waals surface area (Å²) in [6.07, 6.45) is 3.01. The molecule has 1 saturated carbocycles. The molecular formula is C15H22N2O4S. The predicted octanol–water partition coefficient (Wildman–Crippen LogP) is 2.12. The van der Waals surface area contributed by atoms with Gasteiger partial charge >= 0.3 is 6.03 Å². The first-order valence-electron chi connectivity index (χ1n) is 7.22. The molecule has 7 heteroatoms. The summed E-state index contributed by atoms with van der Waals surface area (Å²) in [5.41, 5.74) is 0.576. The van der Waals surface area contributed by atoms with Crippen molar-refractivity contribution < 1.29 is 17.9 Å². The molecule has 0 bridgehead atoms. The highest BCUT2D eigenvalue weighted by Gasteiger charge is 2.37. The van der Waals surface area contributed by atoms with E-state index in [0.29, 0.717) is 11.4 Å². The van der Waals surface area contributed by atoms with Gasteiger partial charge in [-0.15, -0.1) is 0 Å². The van der Waals surface area contributed by atoms with Crippen molar-refractivity contribution in [2.45, 2.75) is 31.8 Å². The van der Waals surface area contributed by atoms with Crippen LogP contribution in [0.4, 0.5) is 10.5 Å². The minimum atomic E-state index is -3.14. The van der Waals surface area contributed by atoms with Crippen LogP contribution in [0.25, 0.3) is 0 Å². The first kappa shape index (κ1) is 16.6. The number of amides is 2. The van der Waals surface area contributed by atoms with E-state index in [2.05, 4.69) is 5.32 Å². The zero-order valence-electron chi connectivity index (χ0n) is 13.1. The van der Waals surface area contributed by atoms with Crippen LogP contribution >= 0.6 is 0 Å². The number of nitrogens with one attached hydrogen (secondary N) is 1. The second kappa shape index (κ2) is 6.56. The van der Waals surface area contributed by atoms with Crippen LogP contribution in [0.3, 0.4) is 0 Å². The summed E-state index contributed by atoms with van der Waals surface area (Å²) in [6.45, 7) is 1.77. The topological polar surface area (TPSA) is 75.7 Å². The van der Waals surface area contributed by atoms with Crippen LogP contribution in [-0.4, -0.2) is 50.6 Å². The number of para-hydroxylation sites is 2. The highest BCUT2D eigenvalue weighted by molar-refractivity contribution is 7.90. The molecule has 22 heavy (non-hydrogen) atoms. The van der Waals surface area contributed by atoms with Gasteiger partial charge in [0.2, 0.25) is 0 Å². The van der Waals surface area contributed by atoms with Gasteiger partial charge in [-0.05, 0) is 31.9 Å². The lowest BCUT2D eigenvalue weighted by Crippen LogP contribution is -2.46. The fourth-order valence-electron chi connectivity index (χ4n) is 2.52. The van der Waals surface area contributed by atoms with Crippen LogP contribution < -0.4 is 10.1 Å². The molecule has 1 unspecified atom stereocenters. The molecule has 1 fully saturated rings. The van der Waals surface area contributed by atoms with Gasteiger partial charge in [0.15, 0.2) is 0 Å². The third kappa shape index (κ3) is 4.37. The zero-order valence-corrected chi connectivity index (χ0v) is 13.9. The van der Waals surface area contributed by atoms with Gasteiger partial charge in [0.25, 0.3) is 0 Å². The second-order valence-corrected chi connectivity index (χ2v) is 7.90. The van der Waals surface area contributed by atoms with E-state index in [0.717, 1.165) is 12.8 Å². The number of methoxy groups -OCH3 is 1. The molecule has 2 rings (SSSR count). The normalized spacial score (nSPS) is 16.0. The lowest BCUT2D eigenvalue weighted by Gasteiger charge is -2.29. The molecule has 1 aromatic carbocycles. The molecule has 2 amide bonds. The Morgan fingerprint density at radius 1 is 1.41 bits per heavy atom. The Morgan fingerprint density at radius 3 is 2.59 bits per heavy atom. The molecule has 0 saturated heterocycles. The molecule has 1 atom stereocenters. The number of hydrogen-bond acceptors (Lipinski definition) is 4. The number of nitrogens with zero attached hydrogens (tertiary/aromatic N) is 1. The summed E-state index contributed by atoms with van der Waals surface area (Å²) in [5.74, 6) is 0.533. The van der Waals surface area contributed by atoms with E-state index in [-0.39, 0.29) is 23.9 Å². The van der Waals surface area contributed by atoms with Crippen molar-refractivity contribution in [3.63, 3.8) is 0 Å². The Morgan fingerprint density at radius 2 is 2.05 bits per heavy atom. The first-order chi connectivity index (χ1) is 10.3. The molecule has 1 aromatic rings. The fraction of sp³-hybridized carbons (Fsp3) is 0.533. The average molecular weight is 326 g/mol. The lowest BCUT2D eigenvalue weighted by atomic mass is 10.3. The molecule has 122 valence electrons. The highest BCUT2D eigenvalue weighted by Crippen LogP contribution is 2.31. The summed E-state index contributed by atoms with van der Waals surface area (Å²) in [4.78, 5) is 14.2. The van der Waals surface area contributed by atoms with Crippen molar-refractivity contribution in [2.24, 2.45) is 0 Å². The molecule has 0 aliphatic heterocycles. The van der Waals surface area contributed by atoms with E-state index in [1.54, 1.807) is 30.0 Å². The number of carbonyl (C=O) groups is 1. The third-order valence-corrected chi connectivity index (χ3v) is 4.63. The molecule has 6 nitrogen and oxygen atoms in total. The van der Waals surface area contributed by atoms with Crippen molar-refractivity contribution in [3.8, 4) is 5.75 Å². The number of carbonyl (C=O) groups excluding carboxylic acids is 1. The molecule has 0 aromatic heterocycles. The quantitative estimate of drug-likeness (QED) is 0.869. The molecular weight excluding hydrogens is 304 g/mol. The van der Waals surface area contributed by atoms with Crippen LogP contribution in [0, 0.1) is 0 Å². The number of ether oxygens (including phenoxy) is 1. The largest absolute Gasteiger partial charge is 0.495 e. The van der Waals surface area contributed by atoms with Crippen LogP contribution in [0.15, 0.2) is 24.3 Å². The molecule has 0 heterocycles. The van der Waals surface area contributed by atoms with Crippen LogP contribution in [0.2, 0.25) is 0 Å². The molecule has 0 spiro atoms. The minimum Gasteiger partial charge on any atom is -0.495 e. The summed E-state index contributed by atoms with van der Waals surface area (Å²) in [5, 5.41) is 2.82. The maximum absolute atomic E-state index is 12.6. The van der Waals surface area contributed by atoms with E-state index in [1.165, 1.54) is 13.4 Å². The molecule has 1 aliphatic carbocycles. The smallest absolute Gasteiger partial charge is 0.322 e. The van der Waals surface area contributed by atoms with E-state index >= 15 is 0 Å². The third-order valence-electron chi connectivity index (χ3n) is 3.54. The van der Waals surface area contributed by atoms with Crippen LogP contribution in [0.5, 0.6) is 5.75 Å². The Hall–Kier alpha value is -1.76. The monoisotopic (exact) mass is 326 g/mol. The highest BCUT2D eigenvalue weighted by atomic mass is 32.2. The maximum atomic E-state index is 12.6. The zero-order chi connectivity index (χ0) is 16.3. The SMILES string of the molecule is COc1ccccc1NC(=O)N(C(C)CS(C)(=O)=O)C1CC1. The van der Waals surface area contributed by atoms with Gasteiger partial charge in [-0.3, -0.25) is 0 Å². The number of sulfone groups is 1. The molecule has 1 aliphatic rings. The standard InChI is InChI=1S/C15H22N2O4S/c1-11(10-22(3,19)20)17(12-8-9-12)15(18)16-13-6-4-5-7-14(13)21-2/h4-7,11-12H,8-10H2,1-3H3,(H,16,18). The predicted molar refractivity (Wildman–Crippen MR) is 86.0 cm³/mol. The Bertz CT molecular complexity index is 641. The van der Waals surface area contributed by atoms with E-state index < -0.39 is 9.84 Å². The van der Waals surface area contributed by atoms with Crippen LogP contribution in [-0.2, 0) is 9.84 Å². The molecule has 1 N–H and O–H groups in total. The lowest BCUT2D eigenvalue weighted by molar-refractivity contribution is 0.194. The van der Waals surface area contributed by atoms with Gasteiger partial charge in [0.05, 0.1) is 18.6 Å². The van der Waals surface area contributed by atoms with Crippen LogP contribution in [0.1, 0.15) is 19.8 Å². The van der Waals surface area contributed by atoms with E-state index in [9.17, 15) is 13.2 Å². The van der Waals surface area contributed by atoms with Crippen molar-refractivity contribution in [1.29, 1.82) is 0 Å². The Labute approximate surface area is 131 Å². The Balaban J connectivity index is 2.13. The second-order valence-electron chi connectivity index (χ2n) is 5.71. The van der Waals surface area contributed by atoms with Gasteiger partial charge in [0.1, 0.15) is 15.6 Å². The van der Waals surface area contributed by atoms with Gasteiger partial charge in [-0.1, -0.05) is 12.1 Å². The van der Waals surface area contributed by atoms with Crippen molar-refractivity contribution in [3.05, 3.63) is 24.3 Å². The fourth-order valence-corrected chi connectivity index (χ4v) is 3.56. The summed E-state index contributed by atoms with van der Waals surface area (Å²) in [6, 6.07) is 6.60. The van der Waals surface area contributed by atoms with Crippen molar-refractivity contribution in [1.82, 2.24) is 4.90 Å². The summed E-state index contributed by atoms with van der Waals surface area (Å²) >= 11 is 0. The maximum Gasteiger partial charge on any atom is 0.322 e. The number of hydrogen-bond donors (Lipinski definition) is 1. The van der Waals surface area contributed by atoms with Gasteiger partial charge in [-0.25, -0.2) is 13.2 Å². The molecule has 0 radical (unpaired) electrons. The Kier molecular flexibility index (Phi) is 4.95.